The summed E-state index contributed by atoms with van der Waals surface area (Å²) in [6, 6.07) is 58.3. The van der Waals surface area contributed by atoms with Crippen LogP contribution in [0.4, 0.5) is 17.1 Å². The zero-order chi connectivity index (χ0) is 31.6. The van der Waals surface area contributed by atoms with E-state index in [2.05, 4.69) is 167 Å². The van der Waals surface area contributed by atoms with Crippen LogP contribution >= 0.6 is 0 Å². The number of hydrogen-bond donors (Lipinski definition) is 0. The Morgan fingerprint density at radius 1 is 0.479 bits per heavy atom. The van der Waals surface area contributed by atoms with Gasteiger partial charge in [-0.15, -0.1) is 0 Å². The zero-order valence-corrected chi connectivity index (χ0v) is 26.0. The first kappa shape index (κ1) is 26.7. The molecule has 0 fully saturated rings. The molecule has 48 heavy (non-hydrogen) atoms. The SMILES string of the molecule is c1ccc(N(c2ccc(-c3ccc4c(c3)c3c(ccc5cccnc53)c3nc5ccccc5n43)cc2)c2cccc3ccccc23)cc1. The monoisotopic (exact) mass is 612 g/mol. The summed E-state index contributed by atoms with van der Waals surface area (Å²) >= 11 is 0. The summed E-state index contributed by atoms with van der Waals surface area (Å²) in [6.45, 7) is 0. The van der Waals surface area contributed by atoms with Gasteiger partial charge < -0.3 is 4.90 Å². The van der Waals surface area contributed by atoms with Gasteiger partial charge in [0, 0.05) is 44.5 Å². The van der Waals surface area contributed by atoms with E-state index in [1.54, 1.807) is 0 Å². The molecule has 3 heterocycles. The Hall–Kier alpha value is -6.52. The minimum Gasteiger partial charge on any atom is -0.310 e. The molecule has 0 saturated heterocycles. The highest BCUT2D eigenvalue weighted by molar-refractivity contribution is 6.23. The van der Waals surface area contributed by atoms with E-state index in [1.165, 1.54) is 10.8 Å². The summed E-state index contributed by atoms with van der Waals surface area (Å²) in [5, 5.41) is 6.96. The van der Waals surface area contributed by atoms with Crippen molar-refractivity contribution in [3.8, 4) is 11.1 Å². The fourth-order valence-electron chi connectivity index (χ4n) is 7.38. The van der Waals surface area contributed by atoms with Gasteiger partial charge in [-0.05, 0) is 83.2 Å². The molecule has 4 heteroatoms. The molecule has 0 radical (unpaired) electrons. The van der Waals surface area contributed by atoms with Crippen LogP contribution in [0.1, 0.15) is 0 Å². The predicted molar refractivity (Wildman–Crippen MR) is 201 cm³/mol. The molecule has 224 valence electrons. The number of imidazole rings is 1. The van der Waals surface area contributed by atoms with E-state index in [0.29, 0.717) is 0 Å². The molecule has 0 saturated carbocycles. The highest BCUT2D eigenvalue weighted by Crippen LogP contribution is 2.41. The molecule has 0 spiro atoms. The first-order valence-electron chi connectivity index (χ1n) is 16.3. The summed E-state index contributed by atoms with van der Waals surface area (Å²) in [4.78, 5) is 12.3. The van der Waals surface area contributed by atoms with E-state index in [0.717, 1.165) is 77.4 Å². The van der Waals surface area contributed by atoms with Crippen LogP contribution in [0, 0.1) is 0 Å². The lowest BCUT2D eigenvalue weighted by Gasteiger charge is -2.27. The number of nitrogens with zero attached hydrogens (tertiary/aromatic N) is 4. The maximum atomic E-state index is 5.11. The molecule has 0 aliphatic rings. The predicted octanol–water partition coefficient (Wildman–Crippen LogP) is 11.6. The van der Waals surface area contributed by atoms with Gasteiger partial charge in [0.05, 0.1) is 27.8 Å². The number of para-hydroxylation sites is 3. The maximum Gasteiger partial charge on any atom is 0.146 e. The standard InChI is InChI=1S/C44H28N4/c1-2-13-33(14-3-1)47(39-18-8-11-30-10-4-5-15-35(30)39)34-23-19-29(20-24-34)32-22-26-40-37(28-32)42-36(25-21-31-12-9-27-45-43(31)42)44-46-38-16-6-7-17-41(38)48(40)44/h1-28H. The molecule has 10 aromatic rings. The summed E-state index contributed by atoms with van der Waals surface area (Å²) in [6.07, 6.45) is 1.89. The van der Waals surface area contributed by atoms with Crippen LogP contribution in [0.5, 0.6) is 0 Å². The number of pyridine rings is 2. The second kappa shape index (κ2) is 10.5. The van der Waals surface area contributed by atoms with Crippen molar-refractivity contribution in [2.24, 2.45) is 0 Å². The molecule has 4 nitrogen and oxygen atoms in total. The van der Waals surface area contributed by atoms with E-state index >= 15 is 0 Å². The third-order valence-corrected chi connectivity index (χ3v) is 9.56. The van der Waals surface area contributed by atoms with Crippen molar-refractivity contribution in [1.29, 1.82) is 0 Å². The average molecular weight is 613 g/mol. The number of aromatic nitrogens is 3. The number of rotatable bonds is 4. The number of fused-ring (bicyclic) bond motifs is 11. The van der Waals surface area contributed by atoms with Crippen molar-refractivity contribution >= 4 is 77.1 Å². The largest absolute Gasteiger partial charge is 0.310 e. The molecular formula is C44H28N4. The van der Waals surface area contributed by atoms with Gasteiger partial charge in [0.25, 0.3) is 0 Å². The van der Waals surface area contributed by atoms with Crippen molar-refractivity contribution in [3.63, 3.8) is 0 Å². The van der Waals surface area contributed by atoms with Crippen molar-refractivity contribution in [3.05, 3.63) is 170 Å². The second-order valence-electron chi connectivity index (χ2n) is 12.3. The molecule has 0 unspecified atom stereocenters. The molecule has 0 aliphatic carbocycles. The van der Waals surface area contributed by atoms with Crippen molar-refractivity contribution in [2.75, 3.05) is 4.90 Å². The van der Waals surface area contributed by atoms with Crippen LogP contribution in [-0.4, -0.2) is 14.4 Å². The fraction of sp³-hybridized carbons (Fsp3) is 0. The lowest BCUT2D eigenvalue weighted by molar-refractivity contribution is 1.30. The first-order chi connectivity index (χ1) is 23.8. The van der Waals surface area contributed by atoms with Crippen LogP contribution in [0.2, 0.25) is 0 Å². The van der Waals surface area contributed by atoms with Crippen LogP contribution in [0.3, 0.4) is 0 Å². The normalized spacial score (nSPS) is 11.8. The Morgan fingerprint density at radius 3 is 2.15 bits per heavy atom. The lowest BCUT2D eigenvalue weighted by atomic mass is 9.97. The Labute approximate surface area is 276 Å². The van der Waals surface area contributed by atoms with Gasteiger partial charge in [-0.3, -0.25) is 9.38 Å². The van der Waals surface area contributed by atoms with Gasteiger partial charge >= 0.3 is 0 Å². The molecule has 0 N–H and O–H groups in total. The summed E-state index contributed by atoms with van der Waals surface area (Å²) in [5.41, 5.74) is 10.9. The fourth-order valence-corrected chi connectivity index (χ4v) is 7.38. The first-order valence-corrected chi connectivity index (χ1v) is 16.3. The molecule has 0 bridgehead atoms. The minimum absolute atomic E-state index is 0.956. The van der Waals surface area contributed by atoms with Gasteiger partial charge in [0.1, 0.15) is 5.65 Å². The van der Waals surface area contributed by atoms with Crippen LogP contribution < -0.4 is 4.90 Å². The van der Waals surface area contributed by atoms with Gasteiger partial charge in [-0.2, -0.15) is 0 Å². The van der Waals surface area contributed by atoms with Gasteiger partial charge in [0.2, 0.25) is 0 Å². The molecule has 10 rings (SSSR count). The quantitative estimate of drug-likeness (QED) is 0.185. The topological polar surface area (TPSA) is 33.4 Å². The van der Waals surface area contributed by atoms with Crippen molar-refractivity contribution < 1.29 is 0 Å². The lowest BCUT2D eigenvalue weighted by Crippen LogP contribution is -2.10. The summed E-state index contributed by atoms with van der Waals surface area (Å²) in [5.74, 6) is 0. The molecular weight excluding hydrogens is 585 g/mol. The Morgan fingerprint density at radius 2 is 1.23 bits per heavy atom. The Balaban J connectivity index is 1.18. The molecule has 7 aromatic carbocycles. The number of benzene rings is 7. The second-order valence-corrected chi connectivity index (χ2v) is 12.3. The highest BCUT2D eigenvalue weighted by atomic mass is 15.1. The van der Waals surface area contributed by atoms with E-state index in [4.69, 9.17) is 9.97 Å². The Bertz CT molecular complexity index is 2830. The van der Waals surface area contributed by atoms with Crippen molar-refractivity contribution in [2.45, 2.75) is 0 Å². The molecule has 0 amide bonds. The average Bonchev–Trinajstić information content (AvgIpc) is 3.55. The van der Waals surface area contributed by atoms with E-state index in [-0.39, 0.29) is 0 Å². The third kappa shape index (κ3) is 4.03. The van der Waals surface area contributed by atoms with Crippen LogP contribution in [-0.2, 0) is 0 Å². The van der Waals surface area contributed by atoms with Crippen molar-refractivity contribution in [1.82, 2.24) is 14.4 Å². The molecule has 0 atom stereocenters. The Kier molecular flexibility index (Phi) is 5.84. The van der Waals surface area contributed by atoms with E-state index in [1.807, 2.05) is 12.3 Å². The third-order valence-electron chi connectivity index (χ3n) is 9.56. The van der Waals surface area contributed by atoms with Gasteiger partial charge in [-0.25, -0.2) is 4.98 Å². The number of hydrogen-bond acceptors (Lipinski definition) is 3. The summed E-state index contributed by atoms with van der Waals surface area (Å²) < 4.78 is 2.30. The minimum atomic E-state index is 0.956. The van der Waals surface area contributed by atoms with Gasteiger partial charge in [0.15, 0.2) is 0 Å². The maximum absolute atomic E-state index is 5.11. The van der Waals surface area contributed by atoms with E-state index in [9.17, 15) is 0 Å². The highest BCUT2D eigenvalue weighted by Gasteiger charge is 2.18. The van der Waals surface area contributed by atoms with Gasteiger partial charge in [-0.1, -0.05) is 97.1 Å². The van der Waals surface area contributed by atoms with E-state index < -0.39 is 0 Å². The molecule has 3 aromatic heterocycles. The van der Waals surface area contributed by atoms with Crippen LogP contribution in [0.15, 0.2) is 170 Å². The molecule has 0 aliphatic heterocycles. The number of anilines is 3. The van der Waals surface area contributed by atoms with Crippen LogP contribution in [0.25, 0.3) is 71.2 Å². The summed E-state index contributed by atoms with van der Waals surface area (Å²) in [7, 11) is 0. The smallest absolute Gasteiger partial charge is 0.146 e. The zero-order valence-electron chi connectivity index (χ0n) is 26.0.